The van der Waals surface area contributed by atoms with Gasteiger partial charge in [0.25, 0.3) is 0 Å². The summed E-state index contributed by atoms with van der Waals surface area (Å²) in [6.45, 7) is 0.933. The van der Waals surface area contributed by atoms with Crippen LogP contribution < -0.4 is 0 Å². The molecule has 21 heavy (non-hydrogen) atoms. The summed E-state index contributed by atoms with van der Waals surface area (Å²) < 4.78 is 0. The third kappa shape index (κ3) is 4.33. The normalized spacial score (nSPS) is 18.9. The Balaban J connectivity index is 2.21. The number of rotatable bonds is 4. The van der Waals surface area contributed by atoms with E-state index in [9.17, 15) is 5.11 Å². The molecule has 0 heterocycles. The van der Waals surface area contributed by atoms with Gasteiger partial charge in [0.1, 0.15) is 0 Å². The molecule has 0 saturated heterocycles. The quantitative estimate of drug-likeness (QED) is 0.857. The highest BCUT2D eigenvalue weighted by Gasteiger charge is 2.37. The molecule has 0 aromatic heterocycles. The lowest BCUT2D eigenvalue weighted by Gasteiger charge is -2.35. The third-order valence-electron chi connectivity index (χ3n) is 4.37. The SMILES string of the molecule is CN(C)CCC#C[C@](O)(c1ccccc1)C1CCCCC1. The summed E-state index contributed by atoms with van der Waals surface area (Å²) in [7, 11) is 4.10. The van der Waals surface area contributed by atoms with E-state index in [2.05, 4.69) is 16.7 Å². The second-order valence-corrected chi connectivity index (χ2v) is 6.32. The van der Waals surface area contributed by atoms with Crippen molar-refractivity contribution >= 4 is 0 Å². The summed E-state index contributed by atoms with van der Waals surface area (Å²) in [5.74, 6) is 6.69. The predicted octanol–water partition coefficient (Wildman–Crippen LogP) is 3.41. The molecule has 1 atom stereocenters. The predicted molar refractivity (Wildman–Crippen MR) is 87.9 cm³/mol. The molecule has 1 N–H and O–H groups in total. The summed E-state index contributed by atoms with van der Waals surface area (Å²) in [5, 5.41) is 11.3. The van der Waals surface area contributed by atoms with Crippen molar-refractivity contribution in [1.29, 1.82) is 0 Å². The highest BCUT2D eigenvalue weighted by molar-refractivity contribution is 5.33. The molecule has 0 bridgehead atoms. The van der Waals surface area contributed by atoms with E-state index in [1.807, 2.05) is 44.4 Å². The van der Waals surface area contributed by atoms with Gasteiger partial charge in [-0.05, 0) is 32.5 Å². The Morgan fingerprint density at radius 2 is 1.81 bits per heavy atom. The van der Waals surface area contributed by atoms with Crippen molar-refractivity contribution in [2.75, 3.05) is 20.6 Å². The lowest BCUT2D eigenvalue weighted by molar-refractivity contribution is 0.0159. The molecule has 114 valence electrons. The van der Waals surface area contributed by atoms with E-state index in [1.165, 1.54) is 19.3 Å². The first-order valence-corrected chi connectivity index (χ1v) is 8.05. The topological polar surface area (TPSA) is 23.5 Å². The van der Waals surface area contributed by atoms with Gasteiger partial charge in [-0.1, -0.05) is 61.4 Å². The van der Waals surface area contributed by atoms with E-state index in [4.69, 9.17) is 0 Å². The van der Waals surface area contributed by atoms with Crippen LogP contribution in [0.15, 0.2) is 30.3 Å². The molecule has 1 aliphatic carbocycles. The molecule has 1 fully saturated rings. The summed E-state index contributed by atoms with van der Waals surface area (Å²) in [4.78, 5) is 2.12. The van der Waals surface area contributed by atoms with Gasteiger partial charge in [-0.15, -0.1) is 0 Å². The monoisotopic (exact) mass is 285 g/mol. The largest absolute Gasteiger partial charge is 0.373 e. The Morgan fingerprint density at radius 3 is 2.43 bits per heavy atom. The van der Waals surface area contributed by atoms with Gasteiger partial charge in [-0.3, -0.25) is 0 Å². The Labute approximate surface area is 129 Å². The molecular weight excluding hydrogens is 258 g/mol. The molecule has 0 radical (unpaired) electrons. The van der Waals surface area contributed by atoms with E-state index in [0.29, 0.717) is 0 Å². The molecular formula is C19H27NO. The van der Waals surface area contributed by atoms with E-state index in [0.717, 1.165) is 31.4 Å². The van der Waals surface area contributed by atoms with E-state index in [-0.39, 0.29) is 5.92 Å². The fourth-order valence-electron chi connectivity index (χ4n) is 3.10. The molecule has 0 unspecified atom stereocenters. The lowest BCUT2D eigenvalue weighted by atomic mass is 9.73. The third-order valence-corrected chi connectivity index (χ3v) is 4.37. The van der Waals surface area contributed by atoms with Crippen LogP contribution in [0.3, 0.4) is 0 Å². The van der Waals surface area contributed by atoms with Crippen LogP contribution in [0.4, 0.5) is 0 Å². The number of nitrogens with zero attached hydrogens (tertiary/aromatic N) is 1. The first-order chi connectivity index (χ1) is 10.1. The molecule has 2 heteroatoms. The Hall–Kier alpha value is -1.30. The van der Waals surface area contributed by atoms with Crippen molar-refractivity contribution in [3.8, 4) is 11.8 Å². The number of hydrogen-bond donors (Lipinski definition) is 1. The summed E-state index contributed by atoms with van der Waals surface area (Å²) in [6, 6.07) is 9.99. The molecule has 2 nitrogen and oxygen atoms in total. The second-order valence-electron chi connectivity index (χ2n) is 6.32. The average molecular weight is 285 g/mol. The van der Waals surface area contributed by atoms with Crippen LogP contribution in [0, 0.1) is 17.8 Å². The maximum Gasteiger partial charge on any atom is 0.153 e. The summed E-state index contributed by atoms with van der Waals surface area (Å²) in [6.07, 6.45) is 6.66. The van der Waals surface area contributed by atoms with E-state index in [1.54, 1.807) is 0 Å². The lowest BCUT2D eigenvalue weighted by Crippen LogP contribution is -2.35. The Morgan fingerprint density at radius 1 is 1.14 bits per heavy atom. The van der Waals surface area contributed by atoms with Crippen molar-refractivity contribution < 1.29 is 5.11 Å². The van der Waals surface area contributed by atoms with Crippen LogP contribution in [0.1, 0.15) is 44.1 Å². The fraction of sp³-hybridized carbons (Fsp3) is 0.579. The maximum atomic E-state index is 11.3. The van der Waals surface area contributed by atoms with Gasteiger partial charge in [-0.25, -0.2) is 0 Å². The zero-order valence-electron chi connectivity index (χ0n) is 13.3. The number of aliphatic hydroxyl groups is 1. The zero-order chi connectivity index (χ0) is 15.1. The van der Waals surface area contributed by atoms with E-state index >= 15 is 0 Å². The molecule has 2 rings (SSSR count). The summed E-state index contributed by atoms with van der Waals surface area (Å²) >= 11 is 0. The highest BCUT2D eigenvalue weighted by Crippen LogP contribution is 2.38. The molecule has 1 aromatic rings. The maximum absolute atomic E-state index is 11.3. The van der Waals surface area contributed by atoms with Crippen LogP contribution in [0.5, 0.6) is 0 Å². The van der Waals surface area contributed by atoms with Gasteiger partial charge in [0.2, 0.25) is 0 Å². The van der Waals surface area contributed by atoms with Gasteiger partial charge in [0.15, 0.2) is 5.60 Å². The van der Waals surface area contributed by atoms with Gasteiger partial charge in [0, 0.05) is 18.9 Å². The van der Waals surface area contributed by atoms with Crippen LogP contribution in [-0.2, 0) is 5.60 Å². The number of hydrogen-bond acceptors (Lipinski definition) is 2. The van der Waals surface area contributed by atoms with Crippen LogP contribution in [0.2, 0.25) is 0 Å². The molecule has 1 aromatic carbocycles. The number of benzene rings is 1. The van der Waals surface area contributed by atoms with Crippen LogP contribution in [0.25, 0.3) is 0 Å². The van der Waals surface area contributed by atoms with Gasteiger partial charge in [-0.2, -0.15) is 0 Å². The first kappa shape index (κ1) is 16.1. The van der Waals surface area contributed by atoms with Crippen LogP contribution in [-0.4, -0.2) is 30.6 Å². The van der Waals surface area contributed by atoms with Crippen molar-refractivity contribution in [1.82, 2.24) is 4.90 Å². The van der Waals surface area contributed by atoms with Crippen molar-refractivity contribution in [3.05, 3.63) is 35.9 Å². The first-order valence-electron chi connectivity index (χ1n) is 8.05. The van der Waals surface area contributed by atoms with Crippen molar-refractivity contribution in [3.63, 3.8) is 0 Å². The Bertz CT molecular complexity index is 479. The highest BCUT2D eigenvalue weighted by atomic mass is 16.3. The van der Waals surface area contributed by atoms with Gasteiger partial charge < -0.3 is 10.0 Å². The minimum atomic E-state index is -0.978. The second kappa shape index (κ2) is 7.64. The van der Waals surface area contributed by atoms with Gasteiger partial charge in [0.05, 0.1) is 0 Å². The minimum absolute atomic E-state index is 0.264. The molecule has 0 amide bonds. The molecule has 1 saturated carbocycles. The van der Waals surface area contributed by atoms with Gasteiger partial charge >= 0.3 is 0 Å². The Kier molecular flexibility index (Phi) is 5.85. The zero-order valence-corrected chi connectivity index (χ0v) is 13.3. The molecule has 0 spiro atoms. The average Bonchev–Trinajstić information content (AvgIpc) is 2.53. The molecule has 0 aliphatic heterocycles. The van der Waals surface area contributed by atoms with Crippen molar-refractivity contribution in [2.45, 2.75) is 44.1 Å². The standard InChI is InChI=1S/C19H27NO/c1-20(2)16-10-9-15-19(21,17-11-5-3-6-12-17)18-13-7-4-8-14-18/h3,5-6,11-12,18,21H,4,7-8,10,13-14,16H2,1-2H3/t19-/m0/s1. The molecule has 1 aliphatic rings. The van der Waals surface area contributed by atoms with Crippen LogP contribution >= 0.6 is 0 Å². The van der Waals surface area contributed by atoms with E-state index < -0.39 is 5.60 Å². The van der Waals surface area contributed by atoms with Crippen molar-refractivity contribution in [2.24, 2.45) is 5.92 Å². The minimum Gasteiger partial charge on any atom is -0.373 e. The fourth-order valence-corrected chi connectivity index (χ4v) is 3.10. The summed E-state index contributed by atoms with van der Waals surface area (Å²) in [5.41, 5.74) is -0.0252. The smallest absolute Gasteiger partial charge is 0.153 e.